The summed E-state index contributed by atoms with van der Waals surface area (Å²) >= 11 is 0. The second-order valence-electron chi connectivity index (χ2n) is 0. The van der Waals surface area contributed by atoms with Crippen molar-refractivity contribution in [3.63, 3.8) is 0 Å². The van der Waals surface area contributed by atoms with Gasteiger partial charge in [-0.05, 0) is 0 Å². The Morgan fingerprint density at radius 3 is 0.600 bits per heavy atom. The van der Waals surface area contributed by atoms with Crippen molar-refractivity contribution in [2.75, 3.05) is 0 Å². The Morgan fingerprint density at radius 2 is 0.600 bits per heavy atom. The molecule has 5 heteroatoms. The van der Waals surface area contributed by atoms with E-state index in [4.69, 9.17) is 0 Å². The van der Waals surface area contributed by atoms with E-state index in [-0.39, 0.29) is 68.2 Å². The SMILES string of the molecule is Cl.[Cl-].[Cl-].[Cl-].[V+3]. The molecular formula is HCl4V. The zero-order chi connectivity index (χ0) is 0. The van der Waals surface area contributed by atoms with Crippen LogP contribution in [-0.2, 0) is 18.6 Å². The van der Waals surface area contributed by atoms with Crippen molar-refractivity contribution in [3.8, 4) is 0 Å². The van der Waals surface area contributed by atoms with Gasteiger partial charge in [-0.25, -0.2) is 0 Å². The molecule has 0 saturated carbocycles. The Labute approximate surface area is 68.0 Å². The average Bonchev–Trinajstić information content (AvgIpc) is 0. The van der Waals surface area contributed by atoms with E-state index in [9.17, 15) is 0 Å². The molecule has 0 aromatic carbocycles. The molecule has 0 saturated heterocycles. The van der Waals surface area contributed by atoms with Gasteiger partial charge in [0.15, 0.2) is 0 Å². The normalized spacial score (nSPS) is 0. The molecule has 0 atom stereocenters. The molecule has 0 radical (unpaired) electrons. The van der Waals surface area contributed by atoms with Crippen LogP contribution in [0.15, 0.2) is 0 Å². The van der Waals surface area contributed by atoms with Crippen LogP contribution < -0.4 is 37.2 Å². The van der Waals surface area contributed by atoms with Crippen LogP contribution in [0, 0.1) is 0 Å². The fourth-order valence-corrected chi connectivity index (χ4v) is 0. The summed E-state index contributed by atoms with van der Waals surface area (Å²) < 4.78 is 0. The van der Waals surface area contributed by atoms with Crippen LogP contribution in [0.1, 0.15) is 0 Å². The van der Waals surface area contributed by atoms with Crippen molar-refractivity contribution in [3.05, 3.63) is 0 Å². The van der Waals surface area contributed by atoms with E-state index in [0.717, 1.165) is 0 Å². The molecule has 0 heterocycles. The molecule has 0 aliphatic carbocycles. The molecule has 0 aliphatic heterocycles. The number of hydrogen-bond donors (Lipinski definition) is 0. The molecule has 0 N–H and O–H groups in total. The molecule has 5 heavy (non-hydrogen) atoms. The van der Waals surface area contributed by atoms with E-state index < -0.39 is 0 Å². The van der Waals surface area contributed by atoms with Crippen LogP contribution in [0.5, 0.6) is 0 Å². The zero-order valence-electron chi connectivity index (χ0n) is 1.99. The Kier molecular flexibility index (Phi) is 622. The molecule has 0 amide bonds. The van der Waals surface area contributed by atoms with E-state index in [1.807, 2.05) is 0 Å². The monoisotopic (exact) mass is 192 g/mol. The number of hydrogen-bond acceptors (Lipinski definition) is 0. The summed E-state index contributed by atoms with van der Waals surface area (Å²) in [6.45, 7) is 0. The quantitative estimate of drug-likeness (QED) is 0.359. The van der Waals surface area contributed by atoms with Crippen molar-refractivity contribution >= 4 is 12.4 Å². The molecule has 0 aromatic rings. The molecule has 0 unspecified atom stereocenters. The largest absolute Gasteiger partial charge is 3.00 e. The predicted octanol–water partition coefficient (Wildman–Crippen LogP) is -8.57. The molecule has 0 bridgehead atoms. The molecule has 0 aromatic heterocycles. The summed E-state index contributed by atoms with van der Waals surface area (Å²) in [6, 6.07) is 0. The maximum Gasteiger partial charge on any atom is 3.00 e. The fraction of sp³-hybridized carbons (Fsp3) is 0. The molecule has 0 spiro atoms. The van der Waals surface area contributed by atoms with E-state index in [0.29, 0.717) is 0 Å². The predicted molar refractivity (Wildman–Crippen MR) is 7.25 cm³/mol. The van der Waals surface area contributed by atoms with E-state index in [1.165, 1.54) is 0 Å². The van der Waals surface area contributed by atoms with Crippen molar-refractivity contribution in [2.24, 2.45) is 0 Å². The minimum Gasteiger partial charge on any atom is -1.00 e. The summed E-state index contributed by atoms with van der Waals surface area (Å²) in [5.41, 5.74) is 0. The van der Waals surface area contributed by atoms with Crippen molar-refractivity contribution in [2.45, 2.75) is 0 Å². The second kappa shape index (κ2) is 42.5. The van der Waals surface area contributed by atoms with Crippen molar-refractivity contribution in [1.82, 2.24) is 0 Å². The smallest absolute Gasteiger partial charge is 1.00 e. The van der Waals surface area contributed by atoms with Gasteiger partial charge in [-0.2, -0.15) is 0 Å². The second-order valence-corrected chi connectivity index (χ2v) is 0. The maximum absolute atomic E-state index is 0. The van der Waals surface area contributed by atoms with Crippen LogP contribution in [-0.4, -0.2) is 0 Å². The molecule has 34 valence electrons. The van der Waals surface area contributed by atoms with Gasteiger partial charge in [-0.3, -0.25) is 0 Å². The Morgan fingerprint density at radius 1 is 0.600 bits per heavy atom. The first kappa shape index (κ1) is 73.1. The zero-order valence-corrected chi connectivity index (χ0v) is 6.47. The first-order chi connectivity index (χ1) is 0. The van der Waals surface area contributed by atoms with Gasteiger partial charge in [0.1, 0.15) is 0 Å². The first-order valence-corrected chi connectivity index (χ1v) is 0. The number of rotatable bonds is 0. The van der Waals surface area contributed by atoms with Crippen molar-refractivity contribution in [1.29, 1.82) is 0 Å². The maximum atomic E-state index is 0. The third-order valence-electron chi connectivity index (χ3n) is 0. The van der Waals surface area contributed by atoms with Crippen LogP contribution in [0.2, 0.25) is 0 Å². The van der Waals surface area contributed by atoms with Crippen LogP contribution in [0.4, 0.5) is 0 Å². The summed E-state index contributed by atoms with van der Waals surface area (Å²) in [7, 11) is 0. The van der Waals surface area contributed by atoms with Crippen LogP contribution >= 0.6 is 12.4 Å². The van der Waals surface area contributed by atoms with Gasteiger partial charge in [0.2, 0.25) is 0 Å². The molecule has 0 rings (SSSR count). The molecular weight excluding hydrogens is 193 g/mol. The Bertz CT molecular complexity index is 3.61. The first-order valence-electron chi connectivity index (χ1n) is 0. The van der Waals surface area contributed by atoms with Gasteiger partial charge < -0.3 is 37.2 Å². The van der Waals surface area contributed by atoms with Gasteiger partial charge in [0.25, 0.3) is 0 Å². The van der Waals surface area contributed by atoms with Crippen molar-refractivity contribution < 1.29 is 55.8 Å². The van der Waals surface area contributed by atoms with Crippen LogP contribution in [0.3, 0.4) is 0 Å². The third kappa shape index (κ3) is 26.5. The average molecular weight is 194 g/mol. The summed E-state index contributed by atoms with van der Waals surface area (Å²) in [6.07, 6.45) is 0. The third-order valence-corrected chi connectivity index (χ3v) is 0. The van der Waals surface area contributed by atoms with Gasteiger partial charge in [0, 0.05) is 0 Å². The van der Waals surface area contributed by atoms with E-state index in [1.54, 1.807) is 0 Å². The summed E-state index contributed by atoms with van der Waals surface area (Å²) in [4.78, 5) is 0. The minimum absolute atomic E-state index is 0. The van der Waals surface area contributed by atoms with Gasteiger partial charge in [-0.15, -0.1) is 12.4 Å². The molecule has 0 fully saturated rings. The van der Waals surface area contributed by atoms with Gasteiger partial charge >= 0.3 is 18.6 Å². The number of halogens is 4. The molecule has 0 nitrogen and oxygen atoms in total. The van der Waals surface area contributed by atoms with Gasteiger partial charge in [0.05, 0.1) is 0 Å². The summed E-state index contributed by atoms with van der Waals surface area (Å²) in [5.74, 6) is 0. The topological polar surface area (TPSA) is 0 Å². The summed E-state index contributed by atoms with van der Waals surface area (Å²) in [5, 5.41) is 0. The van der Waals surface area contributed by atoms with Crippen LogP contribution in [0.25, 0.3) is 0 Å². The van der Waals surface area contributed by atoms with E-state index in [2.05, 4.69) is 0 Å². The minimum atomic E-state index is 0. The fourth-order valence-electron chi connectivity index (χ4n) is 0. The van der Waals surface area contributed by atoms with E-state index >= 15 is 0 Å². The Hall–Kier alpha value is 1.74. The standard InChI is InChI=1S/4ClH.V/h4*1H;/q;;;;+3/p-3. The van der Waals surface area contributed by atoms with Gasteiger partial charge in [-0.1, -0.05) is 0 Å². The molecule has 0 aliphatic rings. The Balaban J connectivity index is 0.